The van der Waals surface area contributed by atoms with E-state index < -0.39 is 0 Å². The summed E-state index contributed by atoms with van der Waals surface area (Å²) in [7, 11) is 0. The summed E-state index contributed by atoms with van der Waals surface area (Å²) in [6.45, 7) is 6.19. The molecule has 6 nitrogen and oxygen atoms in total. The lowest BCUT2D eigenvalue weighted by atomic mass is 10.1. The number of hydrogen-bond acceptors (Lipinski definition) is 5. The Morgan fingerprint density at radius 2 is 1.67 bits per heavy atom. The first-order valence-electron chi connectivity index (χ1n) is 7.91. The van der Waals surface area contributed by atoms with Crippen LogP contribution in [0.15, 0.2) is 30.3 Å². The largest absolute Gasteiger partial charge is 0.483 e. The quantitative estimate of drug-likeness (QED) is 0.399. The van der Waals surface area contributed by atoms with Crippen LogP contribution in [0.4, 0.5) is 0 Å². The minimum Gasteiger partial charge on any atom is -0.483 e. The van der Waals surface area contributed by atoms with Gasteiger partial charge in [0, 0.05) is 18.6 Å². The molecule has 138 valence electrons. The summed E-state index contributed by atoms with van der Waals surface area (Å²) in [6, 6.07) is 9.63. The number of carbonyl (C=O) groups is 2. The van der Waals surface area contributed by atoms with Crippen molar-refractivity contribution in [3.8, 4) is 0 Å². The number of rotatable bonds is 7. The standard InChI is InChI=1S/C13H18O3.C4H11N.CH2O2/c14-10-6-2-5-9-13(15)16-11-12-7-3-1-4-8-12;1-4(2,3)5;2-1-3/h1,3-4,7-8,14H,2,5-6,9-11H2;5H2,1-3H3;1H,(H,2,3). The number of benzene rings is 1. The van der Waals surface area contributed by atoms with Crippen molar-refractivity contribution in [1.82, 2.24) is 0 Å². The van der Waals surface area contributed by atoms with Gasteiger partial charge < -0.3 is 20.7 Å². The Morgan fingerprint density at radius 1 is 1.17 bits per heavy atom. The zero-order valence-electron chi connectivity index (χ0n) is 14.9. The third-order valence-electron chi connectivity index (χ3n) is 2.28. The number of aliphatic hydroxyl groups excluding tert-OH is 1. The minimum atomic E-state index is -0.250. The average molecular weight is 341 g/mol. The van der Waals surface area contributed by atoms with E-state index in [9.17, 15) is 4.79 Å². The van der Waals surface area contributed by atoms with E-state index in [4.69, 9.17) is 25.5 Å². The molecule has 24 heavy (non-hydrogen) atoms. The van der Waals surface area contributed by atoms with E-state index in [0.717, 1.165) is 24.8 Å². The van der Waals surface area contributed by atoms with E-state index in [1.165, 1.54) is 0 Å². The van der Waals surface area contributed by atoms with Gasteiger partial charge in [0.1, 0.15) is 6.61 Å². The average Bonchev–Trinajstić information content (AvgIpc) is 2.50. The first kappa shape index (κ1) is 24.3. The fourth-order valence-electron chi connectivity index (χ4n) is 1.37. The van der Waals surface area contributed by atoms with Crippen molar-refractivity contribution < 1.29 is 24.5 Å². The lowest BCUT2D eigenvalue weighted by molar-refractivity contribution is -0.145. The molecule has 1 aromatic carbocycles. The van der Waals surface area contributed by atoms with Crippen LogP contribution in [0.25, 0.3) is 0 Å². The molecule has 4 N–H and O–H groups in total. The first-order valence-corrected chi connectivity index (χ1v) is 7.91. The second-order valence-electron chi connectivity index (χ2n) is 6.15. The maximum atomic E-state index is 11.3. The number of esters is 1. The predicted octanol–water partition coefficient (Wildman–Crippen LogP) is 2.73. The molecule has 0 radical (unpaired) electrons. The Morgan fingerprint density at radius 3 is 2.12 bits per heavy atom. The summed E-state index contributed by atoms with van der Waals surface area (Å²) in [5.41, 5.74) is 6.36. The molecule has 0 spiro atoms. The molecule has 6 heteroatoms. The van der Waals surface area contributed by atoms with Gasteiger partial charge in [-0.1, -0.05) is 36.8 Å². The summed E-state index contributed by atoms with van der Waals surface area (Å²) in [6.07, 6.45) is 2.85. The third kappa shape index (κ3) is 25.1. The Labute approximate surface area is 144 Å². The van der Waals surface area contributed by atoms with Crippen LogP contribution in [-0.2, 0) is 20.9 Å². The molecule has 0 amide bonds. The molecule has 0 saturated carbocycles. The maximum absolute atomic E-state index is 11.3. The number of carboxylic acid groups (broad SMARTS) is 1. The van der Waals surface area contributed by atoms with Crippen LogP contribution in [-0.4, -0.2) is 34.8 Å². The fraction of sp³-hybridized carbons (Fsp3) is 0.556. The van der Waals surface area contributed by atoms with Gasteiger partial charge in [-0.05, 0) is 39.2 Å². The number of ether oxygens (including phenoxy) is 1. The molecular formula is C18H31NO5. The van der Waals surface area contributed by atoms with Gasteiger partial charge >= 0.3 is 5.97 Å². The monoisotopic (exact) mass is 341 g/mol. The smallest absolute Gasteiger partial charge is 0.306 e. The van der Waals surface area contributed by atoms with E-state index in [1.54, 1.807) is 0 Å². The number of aliphatic hydroxyl groups is 1. The van der Waals surface area contributed by atoms with E-state index in [-0.39, 0.29) is 24.6 Å². The third-order valence-corrected chi connectivity index (χ3v) is 2.28. The molecule has 0 fully saturated rings. The SMILES string of the molecule is CC(C)(C)N.O=C(CCCCCO)OCc1ccccc1.O=CO. The Bertz CT molecular complexity index is 409. The normalized spacial score (nSPS) is 9.71. The van der Waals surface area contributed by atoms with Crippen LogP contribution in [0.1, 0.15) is 52.0 Å². The number of nitrogens with two attached hydrogens (primary N) is 1. The first-order chi connectivity index (χ1) is 11.2. The van der Waals surface area contributed by atoms with Gasteiger partial charge in [0.05, 0.1) is 0 Å². The fourth-order valence-corrected chi connectivity index (χ4v) is 1.37. The highest BCUT2D eigenvalue weighted by atomic mass is 16.5. The summed E-state index contributed by atoms with van der Waals surface area (Å²) < 4.78 is 5.11. The summed E-state index contributed by atoms with van der Waals surface area (Å²) in [5.74, 6) is -0.165. The molecule has 0 bridgehead atoms. The molecule has 0 aromatic heterocycles. The van der Waals surface area contributed by atoms with Crippen LogP contribution in [0, 0.1) is 0 Å². The highest BCUT2D eigenvalue weighted by molar-refractivity contribution is 5.69. The number of hydrogen-bond donors (Lipinski definition) is 3. The minimum absolute atomic E-state index is 0. The lowest BCUT2D eigenvalue weighted by Gasteiger charge is -2.06. The van der Waals surface area contributed by atoms with Gasteiger partial charge in [-0.25, -0.2) is 0 Å². The van der Waals surface area contributed by atoms with Crippen LogP contribution < -0.4 is 5.73 Å². The van der Waals surface area contributed by atoms with Gasteiger partial charge in [0.2, 0.25) is 0 Å². The summed E-state index contributed by atoms with van der Waals surface area (Å²) in [4.78, 5) is 19.7. The highest BCUT2D eigenvalue weighted by Gasteiger charge is 2.02. The zero-order chi connectivity index (χ0) is 18.8. The molecule has 1 aromatic rings. The van der Waals surface area contributed by atoms with E-state index >= 15 is 0 Å². The molecule has 0 aliphatic carbocycles. The Hall–Kier alpha value is -1.92. The molecule has 0 atom stereocenters. The second kappa shape index (κ2) is 16.0. The van der Waals surface area contributed by atoms with Gasteiger partial charge in [-0.15, -0.1) is 0 Å². The molecule has 0 aliphatic rings. The highest BCUT2D eigenvalue weighted by Crippen LogP contribution is 2.04. The Balaban J connectivity index is 0. The van der Waals surface area contributed by atoms with E-state index in [1.807, 2.05) is 51.1 Å². The second-order valence-corrected chi connectivity index (χ2v) is 6.15. The molecule has 0 saturated heterocycles. The molecule has 1 rings (SSSR count). The van der Waals surface area contributed by atoms with Crippen LogP contribution in [0.2, 0.25) is 0 Å². The number of carbonyl (C=O) groups excluding carboxylic acids is 1. The van der Waals surface area contributed by atoms with Crippen molar-refractivity contribution in [2.75, 3.05) is 6.61 Å². The lowest BCUT2D eigenvalue weighted by Crippen LogP contribution is -2.26. The summed E-state index contributed by atoms with van der Waals surface area (Å²) in [5, 5.41) is 15.5. The zero-order valence-corrected chi connectivity index (χ0v) is 14.9. The summed E-state index contributed by atoms with van der Waals surface area (Å²) >= 11 is 0. The van der Waals surface area contributed by atoms with Gasteiger partial charge in [0.15, 0.2) is 0 Å². The van der Waals surface area contributed by atoms with Crippen molar-refractivity contribution in [2.24, 2.45) is 5.73 Å². The van der Waals surface area contributed by atoms with Crippen molar-refractivity contribution in [3.63, 3.8) is 0 Å². The molecular weight excluding hydrogens is 310 g/mol. The van der Waals surface area contributed by atoms with Crippen LogP contribution in [0.5, 0.6) is 0 Å². The number of unbranched alkanes of at least 4 members (excludes halogenated alkanes) is 2. The van der Waals surface area contributed by atoms with Crippen molar-refractivity contribution >= 4 is 12.4 Å². The van der Waals surface area contributed by atoms with E-state index in [0.29, 0.717) is 13.0 Å². The topological polar surface area (TPSA) is 110 Å². The van der Waals surface area contributed by atoms with Gasteiger partial charge in [0.25, 0.3) is 6.47 Å². The molecule has 0 aliphatic heterocycles. The Kier molecular flexibility index (Phi) is 16.2. The van der Waals surface area contributed by atoms with Crippen LogP contribution in [0.3, 0.4) is 0 Å². The van der Waals surface area contributed by atoms with Gasteiger partial charge in [-0.2, -0.15) is 0 Å². The van der Waals surface area contributed by atoms with Crippen molar-refractivity contribution in [3.05, 3.63) is 35.9 Å². The molecule has 0 heterocycles. The van der Waals surface area contributed by atoms with Crippen molar-refractivity contribution in [2.45, 2.75) is 58.6 Å². The van der Waals surface area contributed by atoms with E-state index in [2.05, 4.69) is 0 Å². The van der Waals surface area contributed by atoms with Crippen molar-refractivity contribution in [1.29, 1.82) is 0 Å². The van der Waals surface area contributed by atoms with Gasteiger partial charge in [-0.3, -0.25) is 9.59 Å². The molecule has 0 unspecified atom stereocenters. The maximum Gasteiger partial charge on any atom is 0.306 e. The predicted molar refractivity (Wildman–Crippen MR) is 94.4 cm³/mol. The van der Waals surface area contributed by atoms with Crippen LogP contribution >= 0.6 is 0 Å².